The summed E-state index contributed by atoms with van der Waals surface area (Å²) in [5.74, 6) is -0.984. The minimum atomic E-state index is -0.984. The average molecular weight is 208 g/mol. The van der Waals surface area contributed by atoms with Crippen molar-refractivity contribution in [1.82, 2.24) is 0 Å². The first kappa shape index (κ1) is 11.7. The van der Waals surface area contributed by atoms with Crippen LogP contribution in [0.2, 0.25) is 0 Å². The predicted octanol–water partition coefficient (Wildman–Crippen LogP) is 2.12. The van der Waals surface area contributed by atoms with Crippen molar-refractivity contribution in [3.05, 3.63) is 34.4 Å². The molecule has 82 valence electrons. The monoisotopic (exact) mass is 208 g/mol. The highest BCUT2D eigenvalue weighted by Gasteiger charge is 2.16. The molecule has 0 spiro atoms. The van der Waals surface area contributed by atoms with Gasteiger partial charge in [0.2, 0.25) is 0 Å². The van der Waals surface area contributed by atoms with Gasteiger partial charge in [0, 0.05) is 0 Å². The molecule has 1 atom stereocenters. The molecule has 0 bridgehead atoms. The summed E-state index contributed by atoms with van der Waals surface area (Å²) >= 11 is 0. The molecule has 0 saturated heterocycles. The lowest BCUT2D eigenvalue weighted by molar-refractivity contribution is -0.139. The van der Waals surface area contributed by atoms with Crippen molar-refractivity contribution in [3.63, 3.8) is 0 Å². The molecule has 0 heterocycles. The van der Waals surface area contributed by atoms with Gasteiger partial charge in [-0.3, -0.25) is 4.79 Å². The zero-order valence-corrected chi connectivity index (χ0v) is 9.24. The van der Waals surface area contributed by atoms with Gasteiger partial charge in [-0.1, -0.05) is 17.7 Å². The SMILES string of the molecule is Cc1cc(C)c(C(O)CC(=O)O)c(C)c1. The second-order valence-electron chi connectivity index (χ2n) is 3.93. The molecule has 2 N–H and O–H groups in total. The van der Waals surface area contributed by atoms with Gasteiger partial charge in [-0.2, -0.15) is 0 Å². The van der Waals surface area contributed by atoms with Crippen molar-refractivity contribution < 1.29 is 15.0 Å². The highest BCUT2D eigenvalue weighted by Crippen LogP contribution is 2.25. The third kappa shape index (κ3) is 2.80. The first-order chi connectivity index (χ1) is 6.91. The van der Waals surface area contributed by atoms with Crippen LogP contribution in [0.1, 0.15) is 34.8 Å². The molecular weight excluding hydrogens is 192 g/mol. The van der Waals surface area contributed by atoms with Crippen molar-refractivity contribution in [2.45, 2.75) is 33.3 Å². The Labute approximate surface area is 89.4 Å². The van der Waals surface area contributed by atoms with E-state index in [2.05, 4.69) is 0 Å². The van der Waals surface area contributed by atoms with Crippen LogP contribution in [0.15, 0.2) is 12.1 Å². The van der Waals surface area contributed by atoms with Gasteiger partial charge >= 0.3 is 5.97 Å². The molecule has 0 aliphatic heterocycles. The Morgan fingerprint density at radius 3 is 2.13 bits per heavy atom. The molecule has 3 heteroatoms. The molecule has 15 heavy (non-hydrogen) atoms. The number of carboxylic acids is 1. The van der Waals surface area contributed by atoms with Crippen LogP contribution in [-0.2, 0) is 4.79 Å². The van der Waals surface area contributed by atoms with Crippen LogP contribution in [-0.4, -0.2) is 16.2 Å². The Balaban J connectivity index is 3.08. The van der Waals surface area contributed by atoms with E-state index in [0.29, 0.717) is 0 Å². The number of aliphatic carboxylic acids is 1. The number of carboxylic acid groups (broad SMARTS) is 1. The van der Waals surface area contributed by atoms with Crippen molar-refractivity contribution in [2.24, 2.45) is 0 Å². The lowest BCUT2D eigenvalue weighted by Gasteiger charge is -2.15. The van der Waals surface area contributed by atoms with Crippen LogP contribution >= 0.6 is 0 Å². The van der Waals surface area contributed by atoms with Gasteiger partial charge in [-0.15, -0.1) is 0 Å². The number of hydrogen-bond acceptors (Lipinski definition) is 2. The predicted molar refractivity (Wildman–Crippen MR) is 57.9 cm³/mol. The topological polar surface area (TPSA) is 57.5 Å². The fourth-order valence-electron chi connectivity index (χ4n) is 1.98. The molecule has 1 unspecified atom stereocenters. The summed E-state index contributed by atoms with van der Waals surface area (Å²) in [6, 6.07) is 3.90. The average Bonchev–Trinajstić information content (AvgIpc) is 1.99. The van der Waals surface area contributed by atoms with Crippen LogP contribution in [0.25, 0.3) is 0 Å². The fraction of sp³-hybridized carbons (Fsp3) is 0.417. The Morgan fingerprint density at radius 1 is 1.27 bits per heavy atom. The van der Waals surface area contributed by atoms with E-state index in [4.69, 9.17) is 5.11 Å². The Morgan fingerprint density at radius 2 is 1.73 bits per heavy atom. The number of hydrogen-bond donors (Lipinski definition) is 2. The lowest BCUT2D eigenvalue weighted by atomic mass is 9.94. The molecule has 1 aromatic rings. The first-order valence-corrected chi connectivity index (χ1v) is 4.89. The molecular formula is C12H16O3. The smallest absolute Gasteiger partial charge is 0.306 e. The summed E-state index contributed by atoms with van der Waals surface area (Å²) in [4.78, 5) is 10.5. The first-order valence-electron chi connectivity index (χ1n) is 4.89. The third-order valence-corrected chi connectivity index (χ3v) is 2.44. The molecule has 0 aliphatic carbocycles. The zero-order chi connectivity index (χ0) is 11.6. The quantitative estimate of drug-likeness (QED) is 0.800. The Kier molecular flexibility index (Phi) is 3.48. The van der Waals surface area contributed by atoms with E-state index in [1.54, 1.807) is 0 Å². The molecule has 0 fully saturated rings. The van der Waals surface area contributed by atoms with E-state index in [1.807, 2.05) is 32.9 Å². The maximum absolute atomic E-state index is 10.5. The number of aliphatic hydroxyl groups is 1. The van der Waals surface area contributed by atoms with E-state index in [0.717, 1.165) is 22.3 Å². The second-order valence-corrected chi connectivity index (χ2v) is 3.93. The number of carbonyl (C=O) groups is 1. The number of benzene rings is 1. The maximum Gasteiger partial charge on any atom is 0.306 e. The lowest BCUT2D eigenvalue weighted by Crippen LogP contribution is -2.08. The highest BCUT2D eigenvalue weighted by molar-refractivity contribution is 5.68. The molecule has 0 aromatic heterocycles. The standard InChI is InChI=1S/C12H16O3/c1-7-4-8(2)12(9(3)5-7)10(13)6-11(14)15/h4-5,10,13H,6H2,1-3H3,(H,14,15). The van der Waals surface area contributed by atoms with Crippen LogP contribution in [0, 0.1) is 20.8 Å². The number of aliphatic hydroxyl groups excluding tert-OH is 1. The third-order valence-electron chi connectivity index (χ3n) is 2.44. The summed E-state index contributed by atoms with van der Waals surface area (Å²) in [7, 11) is 0. The molecule has 0 amide bonds. The van der Waals surface area contributed by atoms with Gasteiger partial charge in [0.1, 0.15) is 0 Å². The summed E-state index contributed by atoms with van der Waals surface area (Å²) in [5, 5.41) is 18.4. The van der Waals surface area contributed by atoms with Crippen LogP contribution < -0.4 is 0 Å². The fourth-order valence-corrected chi connectivity index (χ4v) is 1.98. The van der Waals surface area contributed by atoms with E-state index < -0.39 is 12.1 Å². The van der Waals surface area contributed by atoms with E-state index in [9.17, 15) is 9.90 Å². The summed E-state index contributed by atoms with van der Waals surface area (Å²) in [5.41, 5.74) is 3.75. The van der Waals surface area contributed by atoms with Crippen molar-refractivity contribution in [3.8, 4) is 0 Å². The molecule has 1 aromatic carbocycles. The van der Waals surface area contributed by atoms with Gasteiger partial charge in [0.15, 0.2) is 0 Å². The molecule has 0 radical (unpaired) electrons. The van der Waals surface area contributed by atoms with Gasteiger partial charge in [0.05, 0.1) is 12.5 Å². The number of rotatable bonds is 3. The van der Waals surface area contributed by atoms with Crippen LogP contribution in [0.3, 0.4) is 0 Å². The van der Waals surface area contributed by atoms with Crippen LogP contribution in [0.4, 0.5) is 0 Å². The van der Waals surface area contributed by atoms with Crippen LogP contribution in [0.5, 0.6) is 0 Å². The second kappa shape index (κ2) is 4.45. The van der Waals surface area contributed by atoms with Crippen molar-refractivity contribution in [2.75, 3.05) is 0 Å². The maximum atomic E-state index is 10.5. The van der Waals surface area contributed by atoms with E-state index >= 15 is 0 Å². The van der Waals surface area contributed by atoms with E-state index in [-0.39, 0.29) is 6.42 Å². The summed E-state index contributed by atoms with van der Waals surface area (Å²) in [6.45, 7) is 5.76. The molecule has 1 rings (SSSR count). The normalized spacial score (nSPS) is 12.5. The van der Waals surface area contributed by atoms with Crippen molar-refractivity contribution in [1.29, 1.82) is 0 Å². The molecule has 0 saturated carbocycles. The number of aryl methyl sites for hydroxylation is 3. The Bertz CT molecular complexity index is 359. The zero-order valence-electron chi connectivity index (χ0n) is 9.24. The molecule has 0 aliphatic rings. The minimum absolute atomic E-state index is 0.245. The summed E-state index contributed by atoms with van der Waals surface area (Å²) in [6.07, 6.45) is -1.16. The van der Waals surface area contributed by atoms with Crippen molar-refractivity contribution >= 4 is 5.97 Å². The van der Waals surface area contributed by atoms with Gasteiger partial charge < -0.3 is 10.2 Å². The largest absolute Gasteiger partial charge is 0.481 e. The van der Waals surface area contributed by atoms with Gasteiger partial charge in [-0.25, -0.2) is 0 Å². The highest BCUT2D eigenvalue weighted by atomic mass is 16.4. The van der Waals surface area contributed by atoms with Gasteiger partial charge in [-0.05, 0) is 37.5 Å². The minimum Gasteiger partial charge on any atom is -0.481 e. The van der Waals surface area contributed by atoms with E-state index in [1.165, 1.54) is 0 Å². The Hall–Kier alpha value is -1.35. The van der Waals surface area contributed by atoms with Gasteiger partial charge in [0.25, 0.3) is 0 Å². The summed E-state index contributed by atoms with van der Waals surface area (Å²) < 4.78 is 0. The molecule has 3 nitrogen and oxygen atoms in total.